The Balaban J connectivity index is 1.85. The van der Waals surface area contributed by atoms with Crippen LogP contribution in [0.15, 0.2) is 18.2 Å². The second-order valence-corrected chi connectivity index (χ2v) is 5.40. The molecule has 0 bridgehead atoms. The highest BCUT2D eigenvalue weighted by atomic mass is 16.5. The third-order valence-electron chi connectivity index (χ3n) is 3.72. The zero-order valence-electron chi connectivity index (χ0n) is 10.5. The Morgan fingerprint density at radius 2 is 2.12 bits per heavy atom. The van der Waals surface area contributed by atoms with E-state index in [1.54, 1.807) is 0 Å². The summed E-state index contributed by atoms with van der Waals surface area (Å²) < 4.78 is 6.04. The molecule has 92 valence electrons. The summed E-state index contributed by atoms with van der Waals surface area (Å²) in [5.41, 5.74) is 2.76. The van der Waals surface area contributed by atoms with Crippen LogP contribution < -0.4 is 10.1 Å². The monoisotopic (exact) mass is 231 g/mol. The van der Waals surface area contributed by atoms with E-state index in [1.165, 1.54) is 43.4 Å². The van der Waals surface area contributed by atoms with Gasteiger partial charge in [-0.1, -0.05) is 17.7 Å². The van der Waals surface area contributed by atoms with Gasteiger partial charge in [-0.25, -0.2) is 0 Å². The quantitative estimate of drug-likeness (QED) is 0.863. The van der Waals surface area contributed by atoms with Crippen molar-refractivity contribution in [3.8, 4) is 5.75 Å². The molecule has 2 fully saturated rings. The number of hydrogen-bond donors (Lipinski definition) is 1. The Hall–Kier alpha value is -1.02. The van der Waals surface area contributed by atoms with Gasteiger partial charge in [0.25, 0.3) is 0 Å². The topological polar surface area (TPSA) is 21.3 Å². The first kappa shape index (κ1) is 11.1. The standard InChI is InChI=1S/C15H21NO/c1-11-4-7-15(17-13-5-6-13)14(9-11)12-3-2-8-16-10-12/h4,7,9,12-13,16H,2-3,5-6,8,10H2,1H3. The predicted molar refractivity (Wildman–Crippen MR) is 69.7 cm³/mol. The van der Waals surface area contributed by atoms with E-state index < -0.39 is 0 Å². The average molecular weight is 231 g/mol. The minimum absolute atomic E-state index is 0.494. The first-order valence-corrected chi connectivity index (χ1v) is 6.81. The van der Waals surface area contributed by atoms with Crippen molar-refractivity contribution < 1.29 is 4.74 Å². The lowest BCUT2D eigenvalue weighted by molar-refractivity contribution is 0.295. The molecule has 1 aromatic rings. The normalized spacial score (nSPS) is 24.6. The van der Waals surface area contributed by atoms with E-state index >= 15 is 0 Å². The second kappa shape index (κ2) is 4.69. The third-order valence-corrected chi connectivity index (χ3v) is 3.72. The van der Waals surface area contributed by atoms with Crippen LogP contribution in [0.4, 0.5) is 0 Å². The van der Waals surface area contributed by atoms with E-state index in [-0.39, 0.29) is 0 Å². The first-order valence-electron chi connectivity index (χ1n) is 6.81. The van der Waals surface area contributed by atoms with Crippen LogP contribution in [0.3, 0.4) is 0 Å². The molecule has 1 saturated heterocycles. The van der Waals surface area contributed by atoms with Gasteiger partial charge in [0.05, 0.1) is 6.10 Å². The fourth-order valence-corrected chi connectivity index (χ4v) is 2.58. The summed E-state index contributed by atoms with van der Waals surface area (Å²) in [6, 6.07) is 6.64. The fraction of sp³-hybridized carbons (Fsp3) is 0.600. The summed E-state index contributed by atoms with van der Waals surface area (Å²) in [6.07, 6.45) is 5.53. The van der Waals surface area contributed by atoms with Gasteiger partial charge in [0.1, 0.15) is 5.75 Å². The highest BCUT2D eigenvalue weighted by Crippen LogP contribution is 2.35. The second-order valence-electron chi connectivity index (χ2n) is 5.40. The molecule has 2 aliphatic rings. The molecule has 2 heteroatoms. The van der Waals surface area contributed by atoms with Gasteiger partial charge in [0.2, 0.25) is 0 Å². The van der Waals surface area contributed by atoms with E-state index in [0.717, 1.165) is 12.3 Å². The lowest BCUT2D eigenvalue weighted by Crippen LogP contribution is -2.28. The summed E-state index contributed by atoms with van der Waals surface area (Å²) in [4.78, 5) is 0. The minimum Gasteiger partial charge on any atom is -0.490 e. The van der Waals surface area contributed by atoms with E-state index in [2.05, 4.69) is 30.4 Å². The van der Waals surface area contributed by atoms with E-state index in [1.807, 2.05) is 0 Å². The number of piperidine rings is 1. The van der Waals surface area contributed by atoms with Gasteiger partial charge >= 0.3 is 0 Å². The van der Waals surface area contributed by atoms with Crippen LogP contribution in [-0.2, 0) is 0 Å². The molecular weight excluding hydrogens is 210 g/mol. The SMILES string of the molecule is Cc1ccc(OC2CC2)c(C2CCCNC2)c1. The number of nitrogens with one attached hydrogen (secondary N) is 1. The van der Waals surface area contributed by atoms with Crippen molar-refractivity contribution in [3.63, 3.8) is 0 Å². The van der Waals surface area contributed by atoms with Crippen LogP contribution in [0.2, 0.25) is 0 Å². The van der Waals surface area contributed by atoms with E-state index in [4.69, 9.17) is 4.74 Å². The average Bonchev–Trinajstić information content (AvgIpc) is 3.17. The molecule has 1 heterocycles. The van der Waals surface area contributed by atoms with Gasteiger partial charge in [0.15, 0.2) is 0 Å². The molecule has 1 N–H and O–H groups in total. The van der Waals surface area contributed by atoms with Crippen molar-refractivity contribution in [2.24, 2.45) is 0 Å². The van der Waals surface area contributed by atoms with Crippen LogP contribution in [0.25, 0.3) is 0 Å². The van der Waals surface area contributed by atoms with Gasteiger partial charge < -0.3 is 10.1 Å². The van der Waals surface area contributed by atoms with Crippen LogP contribution >= 0.6 is 0 Å². The van der Waals surface area contributed by atoms with Gasteiger partial charge in [-0.3, -0.25) is 0 Å². The molecule has 17 heavy (non-hydrogen) atoms. The molecule has 1 saturated carbocycles. The Kier molecular flexibility index (Phi) is 3.06. The van der Waals surface area contributed by atoms with Crippen LogP contribution in [-0.4, -0.2) is 19.2 Å². The number of aryl methyl sites for hydroxylation is 1. The Bertz CT molecular complexity index is 392. The zero-order valence-corrected chi connectivity index (χ0v) is 10.5. The molecule has 1 aliphatic heterocycles. The lowest BCUT2D eigenvalue weighted by Gasteiger charge is -2.25. The van der Waals surface area contributed by atoms with Gasteiger partial charge in [0, 0.05) is 12.5 Å². The molecule has 0 spiro atoms. The summed E-state index contributed by atoms with van der Waals surface area (Å²) in [6.45, 7) is 4.44. The molecular formula is C15H21NO. The third kappa shape index (κ3) is 2.63. The summed E-state index contributed by atoms with van der Waals surface area (Å²) in [7, 11) is 0. The smallest absolute Gasteiger partial charge is 0.123 e. The Labute approximate surface area is 103 Å². The van der Waals surface area contributed by atoms with E-state index in [9.17, 15) is 0 Å². The van der Waals surface area contributed by atoms with Crippen molar-refractivity contribution in [2.45, 2.75) is 44.6 Å². The van der Waals surface area contributed by atoms with Crippen LogP contribution in [0.5, 0.6) is 5.75 Å². The number of hydrogen-bond acceptors (Lipinski definition) is 2. The molecule has 1 aromatic carbocycles. The molecule has 0 aromatic heterocycles. The minimum atomic E-state index is 0.494. The molecule has 2 nitrogen and oxygen atoms in total. The summed E-state index contributed by atoms with van der Waals surface area (Å²) in [5.74, 6) is 1.77. The van der Waals surface area contributed by atoms with Crippen LogP contribution in [0.1, 0.15) is 42.7 Å². The van der Waals surface area contributed by atoms with Crippen molar-refractivity contribution >= 4 is 0 Å². The lowest BCUT2D eigenvalue weighted by atomic mass is 9.90. The molecule has 1 aliphatic carbocycles. The highest BCUT2D eigenvalue weighted by Gasteiger charge is 2.26. The van der Waals surface area contributed by atoms with Crippen molar-refractivity contribution in [1.82, 2.24) is 5.32 Å². The van der Waals surface area contributed by atoms with Crippen LogP contribution in [0, 0.1) is 6.92 Å². The molecule has 1 atom stereocenters. The number of benzene rings is 1. The van der Waals surface area contributed by atoms with Gasteiger partial charge in [-0.05, 0) is 50.8 Å². The van der Waals surface area contributed by atoms with Gasteiger partial charge in [-0.2, -0.15) is 0 Å². The first-order chi connectivity index (χ1) is 8.33. The molecule has 0 amide bonds. The summed E-state index contributed by atoms with van der Waals surface area (Å²) >= 11 is 0. The largest absolute Gasteiger partial charge is 0.490 e. The predicted octanol–water partition coefficient (Wildman–Crippen LogP) is 3.00. The van der Waals surface area contributed by atoms with Crippen molar-refractivity contribution in [3.05, 3.63) is 29.3 Å². The van der Waals surface area contributed by atoms with Gasteiger partial charge in [-0.15, -0.1) is 0 Å². The Morgan fingerprint density at radius 3 is 2.82 bits per heavy atom. The van der Waals surface area contributed by atoms with E-state index in [0.29, 0.717) is 12.0 Å². The zero-order chi connectivity index (χ0) is 11.7. The maximum absolute atomic E-state index is 6.04. The number of ether oxygens (including phenoxy) is 1. The van der Waals surface area contributed by atoms with Crippen molar-refractivity contribution in [1.29, 1.82) is 0 Å². The number of rotatable bonds is 3. The van der Waals surface area contributed by atoms with Crippen molar-refractivity contribution in [2.75, 3.05) is 13.1 Å². The maximum Gasteiger partial charge on any atom is 0.123 e. The highest BCUT2D eigenvalue weighted by molar-refractivity contribution is 5.40. The molecule has 3 rings (SSSR count). The Morgan fingerprint density at radius 1 is 1.24 bits per heavy atom. The molecule has 1 unspecified atom stereocenters. The maximum atomic E-state index is 6.04. The molecule has 0 radical (unpaired) electrons. The summed E-state index contributed by atoms with van der Waals surface area (Å²) in [5, 5.41) is 3.49. The fourth-order valence-electron chi connectivity index (χ4n) is 2.58.